The molecule has 0 saturated carbocycles. The smallest absolute Gasteiger partial charge is 0.121 e. The van der Waals surface area contributed by atoms with E-state index < -0.39 is 0 Å². The zero-order valence-corrected chi connectivity index (χ0v) is 13.0. The zero-order valence-electron chi connectivity index (χ0n) is 11.5. The van der Waals surface area contributed by atoms with Crippen molar-refractivity contribution < 1.29 is 4.74 Å². The van der Waals surface area contributed by atoms with Crippen LogP contribution in [0.15, 0.2) is 22.7 Å². The molecule has 18 heavy (non-hydrogen) atoms. The van der Waals surface area contributed by atoms with E-state index in [4.69, 9.17) is 4.74 Å². The molecule has 1 N–H and O–H groups in total. The maximum Gasteiger partial charge on any atom is 0.121 e. The molecule has 0 aliphatic carbocycles. The minimum Gasteiger partial charge on any atom is -0.497 e. The fourth-order valence-electron chi connectivity index (χ4n) is 2.33. The second-order valence-electron chi connectivity index (χ2n) is 5.56. The maximum atomic E-state index is 5.32. The monoisotopic (exact) mass is 312 g/mol. The zero-order chi connectivity index (χ0) is 13.3. The van der Waals surface area contributed by atoms with Gasteiger partial charge < -0.3 is 15.0 Å². The van der Waals surface area contributed by atoms with Crippen molar-refractivity contribution in [2.75, 3.05) is 25.1 Å². The van der Waals surface area contributed by atoms with Gasteiger partial charge in [0.05, 0.1) is 12.8 Å². The molecule has 1 atom stereocenters. The predicted molar refractivity (Wildman–Crippen MR) is 79.6 cm³/mol. The Labute approximate surface area is 118 Å². The summed E-state index contributed by atoms with van der Waals surface area (Å²) in [6, 6.07) is 6.60. The average molecular weight is 313 g/mol. The highest BCUT2D eigenvalue weighted by molar-refractivity contribution is 9.10. The first kappa shape index (κ1) is 13.7. The van der Waals surface area contributed by atoms with Gasteiger partial charge in [-0.2, -0.15) is 0 Å². The first-order valence-corrected chi connectivity index (χ1v) is 7.07. The summed E-state index contributed by atoms with van der Waals surface area (Å²) in [4.78, 5) is 2.43. The quantitative estimate of drug-likeness (QED) is 0.908. The summed E-state index contributed by atoms with van der Waals surface area (Å²) in [6.07, 6.45) is 0. The summed E-state index contributed by atoms with van der Waals surface area (Å²) in [5, 5.41) is 3.57. The van der Waals surface area contributed by atoms with Gasteiger partial charge in [-0.3, -0.25) is 0 Å². The van der Waals surface area contributed by atoms with E-state index in [0.717, 1.165) is 23.3 Å². The normalized spacial score (nSPS) is 22.9. The van der Waals surface area contributed by atoms with Crippen LogP contribution in [0, 0.1) is 0 Å². The molecule has 100 valence electrons. The van der Waals surface area contributed by atoms with Crippen LogP contribution in [0.1, 0.15) is 20.8 Å². The Morgan fingerprint density at radius 1 is 1.44 bits per heavy atom. The van der Waals surface area contributed by atoms with Gasteiger partial charge in [0.2, 0.25) is 0 Å². The Bertz CT molecular complexity index is 434. The molecule has 1 aromatic rings. The molecule has 1 fully saturated rings. The van der Waals surface area contributed by atoms with Crippen molar-refractivity contribution in [2.45, 2.75) is 32.4 Å². The van der Waals surface area contributed by atoms with Crippen molar-refractivity contribution in [3.63, 3.8) is 0 Å². The van der Waals surface area contributed by atoms with Crippen LogP contribution in [-0.4, -0.2) is 31.8 Å². The first-order chi connectivity index (χ1) is 8.43. The summed E-state index contributed by atoms with van der Waals surface area (Å²) >= 11 is 3.64. The molecule has 1 saturated heterocycles. The van der Waals surface area contributed by atoms with E-state index in [1.165, 1.54) is 5.69 Å². The van der Waals surface area contributed by atoms with E-state index in [-0.39, 0.29) is 5.54 Å². The Kier molecular flexibility index (Phi) is 3.87. The standard InChI is InChI=1S/C14H21BrN2O/c1-10-8-16-14(2,3)9-17(10)13-7-11(18-4)5-6-12(13)15/h5-7,10,16H,8-9H2,1-4H3. The third kappa shape index (κ3) is 2.81. The molecule has 0 bridgehead atoms. The number of piperazine rings is 1. The van der Waals surface area contributed by atoms with Crippen molar-refractivity contribution in [2.24, 2.45) is 0 Å². The summed E-state index contributed by atoms with van der Waals surface area (Å²) < 4.78 is 6.44. The van der Waals surface area contributed by atoms with Gasteiger partial charge in [-0.25, -0.2) is 0 Å². The molecule has 0 amide bonds. The van der Waals surface area contributed by atoms with Crippen LogP contribution in [-0.2, 0) is 0 Å². The SMILES string of the molecule is COc1ccc(Br)c(N2CC(C)(C)NCC2C)c1. The second kappa shape index (κ2) is 5.10. The van der Waals surface area contributed by atoms with Gasteiger partial charge in [0.15, 0.2) is 0 Å². The second-order valence-corrected chi connectivity index (χ2v) is 6.41. The molecule has 0 aromatic heterocycles. The molecule has 1 aliphatic rings. The molecule has 0 radical (unpaired) electrons. The van der Waals surface area contributed by atoms with Gasteiger partial charge in [0.1, 0.15) is 5.75 Å². The fraction of sp³-hybridized carbons (Fsp3) is 0.571. The lowest BCUT2D eigenvalue weighted by molar-refractivity contribution is 0.317. The summed E-state index contributed by atoms with van der Waals surface area (Å²) in [7, 11) is 1.71. The Balaban J connectivity index is 2.34. The number of ether oxygens (including phenoxy) is 1. The number of benzene rings is 1. The van der Waals surface area contributed by atoms with Crippen molar-refractivity contribution in [1.29, 1.82) is 0 Å². The van der Waals surface area contributed by atoms with Gasteiger partial charge in [0.25, 0.3) is 0 Å². The number of nitrogens with one attached hydrogen (secondary N) is 1. The van der Waals surface area contributed by atoms with Crippen LogP contribution >= 0.6 is 15.9 Å². The molecule has 1 aromatic carbocycles. The van der Waals surface area contributed by atoms with Gasteiger partial charge in [0, 0.05) is 35.2 Å². The number of rotatable bonds is 2. The van der Waals surface area contributed by atoms with Gasteiger partial charge in [-0.05, 0) is 48.8 Å². The van der Waals surface area contributed by atoms with Crippen molar-refractivity contribution in [1.82, 2.24) is 5.32 Å². The van der Waals surface area contributed by atoms with E-state index in [0.29, 0.717) is 6.04 Å². The first-order valence-electron chi connectivity index (χ1n) is 6.28. The molecule has 0 spiro atoms. The number of nitrogens with zero attached hydrogens (tertiary/aromatic N) is 1. The lowest BCUT2D eigenvalue weighted by Crippen LogP contribution is -2.61. The Hall–Kier alpha value is -0.740. The van der Waals surface area contributed by atoms with Crippen molar-refractivity contribution in [3.05, 3.63) is 22.7 Å². The molecular formula is C14H21BrN2O. The maximum absolute atomic E-state index is 5.32. The van der Waals surface area contributed by atoms with Gasteiger partial charge in [-0.15, -0.1) is 0 Å². The van der Waals surface area contributed by atoms with E-state index in [9.17, 15) is 0 Å². The number of anilines is 1. The fourth-order valence-corrected chi connectivity index (χ4v) is 2.81. The summed E-state index contributed by atoms with van der Waals surface area (Å²) in [5.74, 6) is 0.900. The lowest BCUT2D eigenvalue weighted by atomic mass is 9.98. The largest absolute Gasteiger partial charge is 0.497 e. The number of hydrogen-bond acceptors (Lipinski definition) is 3. The van der Waals surface area contributed by atoms with Crippen LogP contribution in [0.3, 0.4) is 0 Å². The Morgan fingerprint density at radius 3 is 2.83 bits per heavy atom. The Morgan fingerprint density at radius 2 is 2.17 bits per heavy atom. The topological polar surface area (TPSA) is 24.5 Å². The van der Waals surface area contributed by atoms with Crippen molar-refractivity contribution >= 4 is 21.6 Å². The van der Waals surface area contributed by atoms with E-state index in [2.05, 4.69) is 59.1 Å². The van der Waals surface area contributed by atoms with Crippen LogP contribution < -0.4 is 15.0 Å². The van der Waals surface area contributed by atoms with Crippen LogP contribution in [0.5, 0.6) is 5.75 Å². The van der Waals surface area contributed by atoms with Crippen LogP contribution in [0.2, 0.25) is 0 Å². The molecule has 3 nitrogen and oxygen atoms in total. The average Bonchev–Trinajstić information content (AvgIpc) is 2.33. The third-order valence-corrected chi connectivity index (χ3v) is 4.11. The van der Waals surface area contributed by atoms with Crippen LogP contribution in [0.25, 0.3) is 0 Å². The summed E-state index contributed by atoms with van der Waals surface area (Å²) in [6.45, 7) is 8.70. The third-order valence-electron chi connectivity index (χ3n) is 3.44. The minimum absolute atomic E-state index is 0.134. The van der Waals surface area contributed by atoms with Gasteiger partial charge >= 0.3 is 0 Å². The summed E-state index contributed by atoms with van der Waals surface area (Å²) in [5.41, 5.74) is 1.34. The van der Waals surface area contributed by atoms with Crippen molar-refractivity contribution in [3.8, 4) is 5.75 Å². The number of halogens is 1. The number of hydrogen-bond donors (Lipinski definition) is 1. The molecule has 2 rings (SSSR count). The van der Waals surface area contributed by atoms with Gasteiger partial charge in [-0.1, -0.05) is 0 Å². The number of methoxy groups -OCH3 is 1. The molecule has 1 aliphatic heterocycles. The van der Waals surface area contributed by atoms with Crippen LogP contribution in [0.4, 0.5) is 5.69 Å². The lowest BCUT2D eigenvalue weighted by Gasteiger charge is -2.45. The predicted octanol–water partition coefficient (Wildman–Crippen LogP) is 3.03. The highest BCUT2D eigenvalue weighted by Gasteiger charge is 2.31. The molecule has 4 heteroatoms. The molecular weight excluding hydrogens is 292 g/mol. The van der Waals surface area contributed by atoms with E-state index in [1.807, 2.05) is 6.07 Å². The van der Waals surface area contributed by atoms with E-state index in [1.54, 1.807) is 7.11 Å². The molecule has 1 heterocycles. The highest BCUT2D eigenvalue weighted by Crippen LogP contribution is 2.33. The molecule has 1 unspecified atom stereocenters. The van der Waals surface area contributed by atoms with E-state index >= 15 is 0 Å². The highest BCUT2D eigenvalue weighted by atomic mass is 79.9. The minimum atomic E-state index is 0.134.